The monoisotopic (exact) mass is 186 g/mol. The van der Waals surface area contributed by atoms with Crippen LogP contribution in [0.3, 0.4) is 0 Å². The number of hydrogen-bond donors (Lipinski definition) is 0. The van der Waals surface area contributed by atoms with Gasteiger partial charge >= 0.3 is 0 Å². The van der Waals surface area contributed by atoms with Crippen molar-refractivity contribution in [3.63, 3.8) is 0 Å². The lowest BCUT2D eigenvalue weighted by Gasteiger charge is -2.39. The van der Waals surface area contributed by atoms with Gasteiger partial charge in [-0.3, -0.25) is 4.57 Å². The van der Waals surface area contributed by atoms with Crippen LogP contribution in [0, 0.1) is 18.3 Å². The molecule has 0 N–H and O–H groups in total. The van der Waals surface area contributed by atoms with Crippen LogP contribution < -0.4 is 0 Å². The lowest BCUT2D eigenvalue weighted by Crippen LogP contribution is -2.40. The third kappa shape index (κ3) is 1.56. The minimum Gasteiger partial charge on any atom is -0.289 e. The Morgan fingerprint density at radius 3 is 2.17 bits per heavy atom. The first-order valence-electron chi connectivity index (χ1n) is 3.95. The number of hydrogen-bond acceptors (Lipinski definition) is 1. The molecule has 1 rings (SSSR count). The van der Waals surface area contributed by atoms with Gasteiger partial charge in [-0.2, -0.15) is 0 Å². The Kier molecular flexibility index (Phi) is 2.63. The molecule has 0 bridgehead atoms. The quantitative estimate of drug-likeness (QED) is 0.415. The highest BCUT2D eigenvalue weighted by atomic mass is 31.2. The van der Waals surface area contributed by atoms with Crippen molar-refractivity contribution >= 4 is 7.44 Å². The zero-order valence-electron chi connectivity index (χ0n) is 7.82. The molecule has 0 aromatic heterocycles. The molecule has 0 aromatic rings. The van der Waals surface area contributed by atoms with E-state index in [0.29, 0.717) is 0 Å². The van der Waals surface area contributed by atoms with Crippen LogP contribution in [0.4, 0.5) is 0 Å². The Morgan fingerprint density at radius 2 is 1.83 bits per heavy atom. The second-order valence-electron chi connectivity index (χ2n) is 3.38. The standard InChI is InChI=1S/C8H15N2OP/c1-5-8-6-9(2)12(4,11)10(3)7-8/h1,8H,6-7H2,2-4H3. The molecular formula is C8H15N2OP. The van der Waals surface area contributed by atoms with Crippen molar-refractivity contribution in [3.05, 3.63) is 0 Å². The minimum atomic E-state index is -2.25. The lowest BCUT2D eigenvalue weighted by atomic mass is 10.1. The van der Waals surface area contributed by atoms with Gasteiger partial charge in [0.15, 0.2) is 0 Å². The zero-order valence-corrected chi connectivity index (χ0v) is 8.71. The number of nitrogens with zero attached hydrogens (tertiary/aromatic N) is 2. The molecule has 1 fully saturated rings. The van der Waals surface area contributed by atoms with Crippen molar-refractivity contribution in [1.82, 2.24) is 9.34 Å². The molecular weight excluding hydrogens is 171 g/mol. The Hall–Kier alpha value is -0.290. The van der Waals surface area contributed by atoms with Crippen molar-refractivity contribution in [2.75, 3.05) is 33.8 Å². The van der Waals surface area contributed by atoms with Crippen molar-refractivity contribution in [1.29, 1.82) is 0 Å². The number of terminal acetylenes is 1. The summed E-state index contributed by atoms with van der Waals surface area (Å²) >= 11 is 0. The molecule has 1 aliphatic rings. The summed E-state index contributed by atoms with van der Waals surface area (Å²) in [6.07, 6.45) is 5.32. The smallest absolute Gasteiger partial charge is 0.213 e. The average molecular weight is 186 g/mol. The summed E-state index contributed by atoms with van der Waals surface area (Å²) in [6, 6.07) is 0. The van der Waals surface area contributed by atoms with Gasteiger partial charge in [0.25, 0.3) is 0 Å². The summed E-state index contributed by atoms with van der Waals surface area (Å²) in [5, 5.41) is 0. The van der Waals surface area contributed by atoms with Crippen molar-refractivity contribution in [3.8, 4) is 12.3 Å². The van der Waals surface area contributed by atoms with E-state index in [1.54, 1.807) is 6.66 Å². The fraction of sp³-hybridized carbons (Fsp3) is 0.750. The van der Waals surface area contributed by atoms with Crippen molar-refractivity contribution in [2.45, 2.75) is 0 Å². The van der Waals surface area contributed by atoms with E-state index in [0.717, 1.165) is 13.1 Å². The van der Waals surface area contributed by atoms with Gasteiger partial charge in [0.2, 0.25) is 7.44 Å². The van der Waals surface area contributed by atoms with E-state index in [4.69, 9.17) is 6.42 Å². The highest BCUT2D eigenvalue weighted by Gasteiger charge is 2.34. The van der Waals surface area contributed by atoms with E-state index in [1.807, 2.05) is 23.4 Å². The van der Waals surface area contributed by atoms with Gasteiger partial charge in [-0.1, -0.05) is 0 Å². The number of rotatable bonds is 0. The maximum absolute atomic E-state index is 11.9. The summed E-state index contributed by atoms with van der Waals surface area (Å²) in [5.41, 5.74) is 0. The van der Waals surface area contributed by atoms with Gasteiger partial charge in [0.1, 0.15) is 0 Å². The van der Waals surface area contributed by atoms with Crippen molar-refractivity contribution < 1.29 is 4.57 Å². The molecule has 1 heterocycles. The molecule has 0 saturated carbocycles. The normalized spacial score (nSPS) is 39.3. The molecule has 4 heteroatoms. The summed E-state index contributed by atoms with van der Waals surface area (Å²) < 4.78 is 15.7. The summed E-state index contributed by atoms with van der Waals surface area (Å²) in [5.74, 6) is 2.91. The van der Waals surface area contributed by atoms with Crippen LogP contribution in [-0.2, 0) is 4.57 Å². The molecule has 1 aliphatic heterocycles. The van der Waals surface area contributed by atoms with E-state index in [9.17, 15) is 4.57 Å². The van der Waals surface area contributed by atoms with Crippen molar-refractivity contribution in [2.24, 2.45) is 5.92 Å². The van der Waals surface area contributed by atoms with Crippen LogP contribution in [0.2, 0.25) is 0 Å². The molecule has 12 heavy (non-hydrogen) atoms. The largest absolute Gasteiger partial charge is 0.289 e. The molecule has 0 radical (unpaired) electrons. The predicted molar refractivity (Wildman–Crippen MR) is 51.1 cm³/mol. The van der Waals surface area contributed by atoms with Gasteiger partial charge in [0.05, 0.1) is 0 Å². The van der Waals surface area contributed by atoms with E-state index < -0.39 is 7.44 Å². The third-order valence-electron chi connectivity index (χ3n) is 2.47. The molecule has 0 aliphatic carbocycles. The van der Waals surface area contributed by atoms with Gasteiger partial charge in [0, 0.05) is 25.7 Å². The van der Waals surface area contributed by atoms with Gasteiger partial charge in [-0.15, -0.1) is 12.3 Å². The average Bonchev–Trinajstić information content (AvgIpc) is 2.00. The second kappa shape index (κ2) is 3.22. The van der Waals surface area contributed by atoms with Crippen LogP contribution in [-0.4, -0.2) is 43.2 Å². The first-order valence-corrected chi connectivity index (χ1v) is 6.01. The highest BCUT2D eigenvalue weighted by Crippen LogP contribution is 2.50. The lowest BCUT2D eigenvalue weighted by molar-refractivity contribution is 0.299. The maximum Gasteiger partial charge on any atom is 0.213 e. The SMILES string of the molecule is C#CC1CN(C)P(C)(=O)N(C)C1. The van der Waals surface area contributed by atoms with Crippen LogP contribution in [0.5, 0.6) is 0 Å². The first-order chi connectivity index (χ1) is 5.48. The molecule has 0 unspecified atom stereocenters. The fourth-order valence-corrected chi connectivity index (χ4v) is 2.89. The molecule has 0 aromatic carbocycles. The van der Waals surface area contributed by atoms with E-state index in [-0.39, 0.29) is 5.92 Å². The maximum atomic E-state index is 11.9. The van der Waals surface area contributed by atoms with E-state index in [2.05, 4.69) is 5.92 Å². The van der Waals surface area contributed by atoms with E-state index >= 15 is 0 Å². The Bertz CT molecular complexity index is 242. The third-order valence-corrected chi connectivity index (χ3v) is 5.33. The molecule has 0 atom stereocenters. The molecule has 3 nitrogen and oxygen atoms in total. The Balaban J connectivity index is 2.79. The predicted octanol–water partition coefficient (Wildman–Crippen LogP) is 0.936. The van der Waals surface area contributed by atoms with Crippen LogP contribution >= 0.6 is 7.44 Å². The molecule has 0 amide bonds. The van der Waals surface area contributed by atoms with Gasteiger partial charge in [-0.05, 0) is 14.1 Å². The highest BCUT2D eigenvalue weighted by molar-refractivity contribution is 7.58. The summed E-state index contributed by atoms with van der Waals surface area (Å²) in [4.78, 5) is 0. The zero-order chi connectivity index (χ0) is 9.35. The Labute approximate surface area is 74.2 Å². The molecule has 1 saturated heterocycles. The second-order valence-corrected chi connectivity index (χ2v) is 6.42. The van der Waals surface area contributed by atoms with Gasteiger partial charge in [-0.25, -0.2) is 9.34 Å². The fourth-order valence-electron chi connectivity index (χ4n) is 1.36. The van der Waals surface area contributed by atoms with E-state index in [1.165, 1.54) is 0 Å². The topological polar surface area (TPSA) is 23.6 Å². The molecule has 68 valence electrons. The van der Waals surface area contributed by atoms with Crippen LogP contribution in [0.1, 0.15) is 0 Å². The van der Waals surface area contributed by atoms with Gasteiger partial charge < -0.3 is 0 Å². The first kappa shape index (κ1) is 9.80. The minimum absolute atomic E-state index is 0.210. The summed E-state index contributed by atoms with van der Waals surface area (Å²) in [7, 11) is 1.48. The van der Waals surface area contributed by atoms with Crippen LogP contribution in [0.15, 0.2) is 0 Å². The molecule has 0 spiro atoms. The summed E-state index contributed by atoms with van der Waals surface area (Å²) in [6.45, 7) is 3.27. The van der Waals surface area contributed by atoms with Crippen LogP contribution in [0.25, 0.3) is 0 Å². The Morgan fingerprint density at radius 1 is 1.42 bits per heavy atom.